The molecule has 1 aliphatic rings. The van der Waals surface area contributed by atoms with Gasteiger partial charge in [-0.1, -0.05) is 22.9 Å². The Morgan fingerprint density at radius 3 is 2.70 bits per heavy atom. The average molecular weight is 438 g/mol. The van der Waals surface area contributed by atoms with Gasteiger partial charge >= 0.3 is 0 Å². The van der Waals surface area contributed by atoms with E-state index in [4.69, 9.17) is 11.6 Å². The van der Waals surface area contributed by atoms with Crippen LogP contribution < -0.4 is 4.72 Å². The summed E-state index contributed by atoms with van der Waals surface area (Å²) in [6, 6.07) is 1.20. The summed E-state index contributed by atoms with van der Waals surface area (Å²) in [5.74, 6) is 0. The first-order chi connectivity index (χ1) is 12.7. The summed E-state index contributed by atoms with van der Waals surface area (Å²) in [4.78, 5) is 3.89. The second-order valence-electron chi connectivity index (χ2n) is 6.13. The highest BCUT2D eigenvalue weighted by atomic mass is 35.5. The van der Waals surface area contributed by atoms with Crippen LogP contribution in [-0.2, 0) is 10.0 Å². The molecule has 1 N–H and O–H groups in total. The molecule has 0 aliphatic heterocycles. The minimum atomic E-state index is -4.04. The Morgan fingerprint density at radius 1 is 1.37 bits per heavy atom. The summed E-state index contributed by atoms with van der Waals surface area (Å²) < 4.78 is 67.5. The van der Waals surface area contributed by atoms with Crippen molar-refractivity contribution < 1.29 is 21.6 Å². The van der Waals surface area contributed by atoms with E-state index in [2.05, 4.69) is 19.9 Å². The average Bonchev–Trinajstić information content (AvgIpc) is 3.03. The van der Waals surface area contributed by atoms with Crippen LogP contribution in [0.25, 0.3) is 16.3 Å². The summed E-state index contributed by atoms with van der Waals surface area (Å²) >= 11 is 6.81. The van der Waals surface area contributed by atoms with Crippen LogP contribution in [0.5, 0.6) is 0 Å². The summed E-state index contributed by atoms with van der Waals surface area (Å²) in [5, 5.41) is 6.83. The van der Waals surface area contributed by atoms with Crippen molar-refractivity contribution in [3.63, 3.8) is 0 Å². The van der Waals surface area contributed by atoms with Gasteiger partial charge in [-0.2, -0.15) is 0 Å². The maximum Gasteiger partial charge on any atom is 0.291 e. The Hall–Kier alpha value is -1.76. The molecule has 0 unspecified atom stereocenters. The molecule has 0 bridgehead atoms. The number of imidazole rings is 1. The monoisotopic (exact) mass is 437 g/mol. The van der Waals surface area contributed by atoms with Crippen molar-refractivity contribution in [2.75, 3.05) is 6.67 Å². The lowest BCUT2D eigenvalue weighted by molar-refractivity contribution is 0.150. The van der Waals surface area contributed by atoms with Crippen LogP contribution in [0.3, 0.4) is 0 Å². The fourth-order valence-electron chi connectivity index (χ4n) is 2.51. The maximum atomic E-state index is 13.1. The Kier molecular flexibility index (Phi) is 4.41. The molecular weight excluding hydrogens is 427 g/mol. The lowest BCUT2D eigenvalue weighted by Gasteiger charge is -2.14. The predicted molar refractivity (Wildman–Crippen MR) is 92.3 cm³/mol. The molecule has 3 aromatic heterocycles. The largest absolute Gasteiger partial charge is 0.295 e. The highest BCUT2D eigenvalue weighted by molar-refractivity contribution is 7.89. The molecule has 0 radical (unpaired) electrons. The number of fused-ring (bicyclic) bond motifs is 1. The van der Waals surface area contributed by atoms with E-state index in [1.54, 1.807) is 0 Å². The molecule has 3 heterocycles. The summed E-state index contributed by atoms with van der Waals surface area (Å²) in [6.07, 6.45) is 0.635. The quantitative estimate of drug-likeness (QED) is 0.639. The van der Waals surface area contributed by atoms with Crippen LogP contribution in [-0.4, -0.2) is 40.2 Å². The highest BCUT2D eigenvalue weighted by Crippen LogP contribution is 2.38. The third-order valence-electron chi connectivity index (χ3n) is 4.15. The lowest BCUT2D eigenvalue weighted by Crippen LogP contribution is -2.38. The summed E-state index contributed by atoms with van der Waals surface area (Å²) in [5.41, 5.74) is -0.574. The Labute approximate surface area is 160 Å². The molecule has 13 heteroatoms. The van der Waals surface area contributed by atoms with E-state index in [0.29, 0.717) is 24.2 Å². The van der Waals surface area contributed by atoms with Crippen LogP contribution in [0.15, 0.2) is 23.4 Å². The predicted octanol–water partition coefficient (Wildman–Crippen LogP) is 3.22. The zero-order chi connectivity index (χ0) is 19.4. The van der Waals surface area contributed by atoms with Gasteiger partial charge in [-0.3, -0.25) is 4.40 Å². The number of sulfonamides is 1. The molecule has 0 amide bonds. The minimum absolute atomic E-state index is 0.0350. The second-order valence-corrected chi connectivity index (χ2v) is 9.23. The van der Waals surface area contributed by atoms with Crippen LogP contribution in [0.4, 0.5) is 13.2 Å². The van der Waals surface area contributed by atoms with Crippen LogP contribution >= 0.6 is 22.9 Å². The SMILES string of the molecule is O=S(=O)(NC1(CF)CC1)c1cc(Cl)c2ncc(-c3nnc(C(F)F)s3)n2c1. The van der Waals surface area contributed by atoms with Gasteiger partial charge in [0.05, 0.1) is 16.8 Å². The number of nitrogens with one attached hydrogen (secondary N) is 1. The Morgan fingerprint density at radius 2 is 2.11 bits per heavy atom. The third-order valence-corrected chi connectivity index (χ3v) is 6.93. The number of hydrogen-bond acceptors (Lipinski definition) is 6. The number of alkyl halides is 3. The van der Waals surface area contributed by atoms with Gasteiger partial charge in [0.15, 0.2) is 15.7 Å². The van der Waals surface area contributed by atoms with Crippen molar-refractivity contribution in [3.05, 3.63) is 28.5 Å². The van der Waals surface area contributed by atoms with E-state index in [1.165, 1.54) is 22.9 Å². The minimum Gasteiger partial charge on any atom is -0.295 e. The zero-order valence-electron chi connectivity index (χ0n) is 13.4. The van der Waals surface area contributed by atoms with Crippen molar-refractivity contribution in [2.45, 2.75) is 29.7 Å². The Balaban J connectivity index is 1.80. The lowest BCUT2D eigenvalue weighted by atomic mass is 10.3. The van der Waals surface area contributed by atoms with Gasteiger partial charge in [0.2, 0.25) is 10.0 Å². The summed E-state index contributed by atoms with van der Waals surface area (Å²) in [6.45, 7) is -0.806. The molecule has 0 saturated heterocycles. The van der Waals surface area contributed by atoms with Crippen molar-refractivity contribution in [1.82, 2.24) is 24.3 Å². The van der Waals surface area contributed by atoms with Gasteiger partial charge in [-0.05, 0) is 18.9 Å². The van der Waals surface area contributed by atoms with Gasteiger partial charge in [-0.15, -0.1) is 10.2 Å². The molecule has 1 saturated carbocycles. The van der Waals surface area contributed by atoms with Crippen LogP contribution in [0.2, 0.25) is 5.02 Å². The topological polar surface area (TPSA) is 89.2 Å². The van der Waals surface area contributed by atoms with Gasteiger partial charge in [0.25, 0.3) is 6.43 Å². The molecule has 1 aliphatic carbocycles. The second kappa shape index (κ2) is 6.40. The number of aromatic nitrogens is 4. The highest BCUT2D eigenvalue weighted by Gasteiger charge is 2.46. The smallest absolute Gasteiger partial charge is 0.291 e. The molecule has 3 aromatic rings. The molecular formula is C14H11ClF3N5O2S2. The molecule has 4 rings (SSSR count). The molecule has 0 aromatic carbocycles. The number of halogens is 4. The van der Waals surface area contributed by atoms with E-state index in [9.17, 15) is 21.6 Å². The van der Waals surface area contributed by atoms with E-state index in [-0.39, 0.29) is 26.3 Å². The van der Waals surface area contributed by atoms with Crippen molar-refractivity contribution in [3.8, 4) is 10.7 Å². The normalized spacial score (nSPS) is 16.3. The van der Waals surface area contributed by atoms with E-state index in [1.807, 2.05) is 0 Å². The van der Waals surface area contributed by atoms with Crippen LogP contribution in [0, 0.1) is 0 Å². The van der Waals surface area contributed by atoms with Gasteiger partial charge in [0.1, 0.15) is 17.3 Å². The number of hydrogen-bond donors (Lipinski definition) is 1. The first-order valence-corrected chi connectivity index (χ1v) is 10.3. The van der Waals surface area contributed by atoms with Crippen molar-refractivity contribution in [1.29, 1.82) is 0 Å². The van der Waals surface area contributed by atoms with Gasteiger partial charge in [0, 0.05) is 6.20 Å². The summed E-state index contributed by atoms with van der Waals surface area (Å²) in [7, 11) is -4.04. The van der Waals surface area contributed by atoms with Crippen molar-refractivity contribution >= 4 is 38.6 Å². The molecule has 0 spiro atoms. The molecule has 144 valence electrons. The number of pyridine rings is 1. The fraction of sp³-hybridized carbons (Fsp3) is 0.357. The first-order valence-electron chi connectivity index (χ1n) is 7.63. The molecule has 1 fully saturated rings. The number of nitrogens with zero attached hydrogens (tertiary/aromatic N) is 4. The maximum absolute atomic E-state index is 13.1. The van der Waals surface area contributed by atoms with Crippen LogP contribution in [0.1, 0.15) is 24.3 Å². The zero-order valence-corrected chi connectivity index (χ0v) is 15.8. The Bertz CT molecular complexity index is 1130. The van der Waals surface area contributed by atoms with E-state index >= 15 is 0 Å². The molecule has 7 nitrogen and oxygen atoms in total. The van der Waals surface area contributed by atoms with Crippen molar-refractivity contribution in [2.24, 2.45) is 0 Å². The van der Waals surface area contributed by atoms with E-state index in [0.717, 1.165) is 0 Å². The standard InChI is InChI=1S/C14H11ClF3N5O2S2/c15-8-3-7(27(24,25)22-14(6-16)1-2-14)5-23-9(4-19-11(8)23)12-20-21-13(26-12)10(17)18/h3-5,10,22H,1-2,6H2. The first kappa shape index (κ1) is 18.6. The van der Waals surface area contributed by atoms with E-state index < -0.39 is 33.7 Å². The van der Waals surface area contributed by atoms with Gasteiger partial charge in [-0.25, -0.2) is 31.3 Å². The molecule has 27 heavy (non-hydrogen) atoms. The third kappa shape index (κ3) is 3.30. The number of rotatable bonds is 6. The fourth-order valence-corrected chi connectivity index (χ4v) is 5.00. The molecule has 0 atom stereocenters. The van der Waals surface area contributed by atoms with Gasteiger partial charge < -0.3 is 0 Å².